The molecule has 0 saturated carbocycles. The quantitative estimate of drug-likeness (QED) is 0.860. The summed E-state index contributed by atoms with van der Waals surface area (Å²) in [7, 11) is 0. The molecule has 1 heterocycles. The maximum absolute atomic E-state index is 12.0. The first kappa shape index (κ1) is 17.5. The van der Waals surface area contributed by atoms with Crippen molar-refractivity contribution in [2.75, 3.05) is 26.2 Å². The van der Waals surface area contributed by atoms with Crippen LogP contribution in [0, 0.1) is 5.92 Å². The maximum Gasteiger partial charge on any atom is 0.397 e. The lowest BCUT2D eigenvalue weighted by molar-refractivity contribution is -0.162. The van der Waals surface area contributed by atoms with Crippen LogP contribution in [0.4, 0.5) is 13.2 Å². The Morgan fingerprint density at radius 1 is 1.33 bits per heavy atom. The van der Waals surface area contributed by atoms with Gasteiger partial charge < -0.3 is 10.2 Å². The van der Waals surface area contributed by atoms with Crippen molar-refractivity contribution in [2.45, 2.75) is 32.4 Å². The summed E-state index contributed by atoms with van der Waals surface area (Å²) in [5.74, 6) is -0.315. The van der Waals surface area contributed by atoms with Crippen molar-refractivity contribution in [3.63, 3.8) is 0 Å². The monoisotopic (exact) mass is 288 g/mol. The van der Waals surface area contributed by atoms with Crippen LogP contribution in [0.3, 0.4) is 0 Å². The van der Waals surface area contributed by atoms with Gasteiger partial charge in [-0.05, 0) is 31.8 Å². The molecule has 1 rings (SSSR count). The summed E-state index contributed by atoms with van der Waals surface area (Å²) in [6, 6.07) is 0. The Morgan fingerprint density at radius 3 is 2.33 bits per heavy atom. The van der Waals surface area contributed by atoms with Gasteiger partial charge in [0.25, 0.3) is 0 Å². The van der Waals surface area contributed by atoms with Gasteiger partial charge in [-0.15, -0.1) is 12.4 Å². The van der Waals surface area contributed by atoms with Crippen molar-refractivity contribution in [1.29, 1.82) is 0 Å². The highest BCUT2D eigenvalue weighted by molar-refractivity contribution is 5.85. The summed E-state index contributed by atoms with van der Waals surface area (Å²) >= 11 is 0. The van der Waals surface area contributed by atoms with E-state index in [2.05, 4.69) is 5.32 Å². The van der Waals surface area contributed by atoms with Gasteiger partial charge in [0.1, 0.15) is 6.42 Å². The van der Waals surface area contributed by atoms with E-state index < -0.39 is 18.5 Å². The van der Waals surface area contributed by atoms with Gasteiger partial charge in [-0.3, -0.25) is 4.79 Å². The molecule has 1 N–H and O–H groups in total. The van der Waals surface area contributed by atoms with Gasteiger partial charge in [0, 0.05) is 13.1 Å². The van der Waals surface area contributed by atoms with E-state index in [9.17, 15) is 18.0 Å². The number of carbonyl (C=O) groups is 1. The Morgan fingerprint density at radius 2 is 1.89 bits per heavy atom. The molecule has 1 aliphatic rings. The minimum Gasteiger partial charge on any atom is -0.342 e. The molecule has 1 fully saturated rings. The summed E-state index contributed by atoms with van der Waals surface area (Å²) in [4.78, 5) is 12.7. The van der Waals surface area contributed by atoms with E-state index in [-0.39, 0.29) is 12.4 Å². The smallest absolute Gasteiger partial charge is 0.342 e. The van der Waals surface area contributed by atoms with Crippen LogP contribution in [0.2, 0.25) is 0 Å². The first-order valence-electron chi connectivity index (χ1n) is 5.97. The molecular formula is C11H20ClF3N2O. The molecule has 18 heavy (non-hydrogen) atoms. The van der Waals surface area contributed by atoms with E-state index in [1.54, 1.807) is 0 Å². The molecule has 0 aromatic carbocycles. The lowest BCUT2D eigenvalue weighted by Crippen LogP contribution is -2.42. The van der Waals surface area contributed by atoms with E-state index in [1.807, 2.05) is 6.92 Å². The van der Waals surface area contributed by atoms with Crippen LogP contribution in [0.25, 0.3) is 0 Å². The van der Waals surface area contributed by atoms with E-state index >= 15 is 0 Å². The lowest BCUT2D eigenvalue weighted by Gasteiger charge is -2.32. The minimum absolute atomic E-state index is 0. The van der Waals surface area contributed by atoms with E-state index in [0.29, 0.717) is 19.0 Å². The van der Waals surface area contributed by atoms with E-state index in [4.69, 9.17) is 0 Å². The number of amides is 1. The molecule has 0 atom stereocenters. The fourth-order valence-corrected chi connectivity index (χ4v) is 2.02. The molecule has 0 radical (unpaired) electrons. The van der Waals surface area contributed by atoms with Crippen molar-refractivity contribution < 1.29 is 18.0 Å². The van der Waals surface area contributed by atoms with Gasteiger partial charge in [0.2, 0.25) is 5.91 Å². The van der Waals surface area contributed by atoms with Crippen LogP contribution in [-0.4, -0.2) is 43.2 Å². The molecule has 0 unspecified atom stereocenters. The fraction of sp³-hybridized carbons (Fsp3) is 0.909. The number of nitrogens with zero attached hydrogens (tertiary/aromatic N) is 1. The first-order chi connectivity index (χ1) is 7.92. The molecule has 1 amide bonds. The predicted molar refractivity (Wildman–Crippen MR) is 65.8 cm³/mol. The zero-order chi connectivity index (χ0) is 12.9. The maximum atomic E-state index is 12.0. The van der Waals surface area contributed by atoms with Crippen molar-refractivity contribution in [1.82, 2.24) is 10.2 Å². The second kappa shape index (κ2) is 7.84. The molecule has 0 bridgehead atoms. The van der Waals surface area contributed by atoms with Gasteiger partial charge in [-0.2, -0.15) is 13.2 Å². The molecule has 0 aliphatic carbocycles. The Balaban J connectivity index is 0.00000289. The SMILES string of the molecule is CCNCC1CCN(C(=O)CC(F)(F)F)CC1.Cl. The van der Waals surface area contributed by atoms with Crippen LogP contribution >= 0.6 is 12.4 Å². The van der Waals surface area contributed by atoms with Crippen LogP contribution < -0.4 is 5.32 Å². The van der Waals surface area contributed by atoms with Gasteiger partial charge in [-0.1, -0.05) is 6.92 Å². The highest BCUT2D eigenvalue weighted by Gasteiger charge is 2.34. The zero-order valence-corrected chi connectivity index (χ0v) is 11.2. The van der Waals surface area contributed by atoms with E-state index in [1.165, 1.54) is 4.90 Å². The summed E-state index contributed by atoms with van der Waals surface area (Å²) in [6.07, 6.45) is -4.14. The summed E-state index contributed by atoms with van der Waals surface area (Å²) in [5, 5.41) is 3.22. The average Bonchev–Trinajstić information content (AvgIpc) is 2.24. The van der Waals surface area contributed by atoms with Crippen LogP contribution in [0.1, 0.15) is 26.2 Å². The van der Waals surface area contributed by atoms with Gasteiger partial charge in [0.15, 0.2) is 0 Å². The predicted octanol–water partition coefficient (Wildman–Crippen LogP) is 2.21. The minimum atomic E-state index is -4.39. The fourth-order valence-electron chi connectivity index (χ4n) is 2.02. The number of nitrogens with one attached hydrogen (secondary N) is 1. The third-order valence-electron chi connectivity index (χ3n) is 3.00. The number of hydrogen-bond donors (Lipinski definition) is 1. The number of rotatable bonds is 4. The van der Waals surface area contributed by atoms with Crippen molar-refractivity contribution in [3.05, 3.63) is 0 Å². The van der Waals surface area contributed by atoms with Crippen LogP contribution in [0.15, 0.2) is 0 Å². The van der Waals surface area contributed by atoms with Crippen LogP contribution in [0.5, 0.6) is 0 Å². The van der Waals surface area contributed by atoms with Crippen molar-refractivity contribution in [3.8, 4) is 0 Å². The number of halogens is 4. The van der Waals surface area contributed by atoms with Gasteiger partial charge in [-0.25, -0.2) is 0 Å². The van der Waals surface area contributed by atoms with Gasteiger partial charge >= 0.3 is 6.18 Å². The lowest BCUT2D eigenvalue weighted by atomic mass is 9.96. The third-order valence-corrected chi connectivity index (χ3v) is 3.00. The molecule has 0 spiro atoms. The highest BCUT2D eigenvalue weighted by Crippen LogP contribution is 2.23. The Hall–Kier alpha value is -0.490. The summed E-state index contributed by atoms with van der Waals surface area (Å²) in [5.41, 5.74) is 0. The number of carbonyl (C=O) groups excluding carboxylic acids is 1. The molecule has 108 valence electrons. The number of likely N-dealkylation sites (tertiary alicyclic amines) is 1. The largest absolute Gasteiger partial charge is 0.397 e. The molecule has 0 aromatic heterocycles. The Bertz CT molecular complexity index is 253. The molecule has 1 saturated heterocycles. The Labute approximate surface area is 112 Å². The molecule has 3 nitrogen and oxygen atoms in total. The first-order valence-corrected chi connectivity index (χ1v) is 5.97. The highest BCUT2D eigenvalue weighted by atomic mass is 35.5. The normalized spacial score (nSPS) is 17.4. The molecule has 7 heteroatoms. The standard InChI is InChI=1S/C11H19F3N2O.ClH/c1-2-15-8-9-3-5-16(6-4-9)10(17)7-11(12,13)14;/h9,15H,2-8H2,1H3;1H. The van der Waals surface area contributed by atoms with Crippen LogP contribution in [-0.2, 0) is 4.79 Å². The second-order valence-corrected chi connectivity index (χ2v) is 4.42. The number of alkyl halides is 3. The topological polar surface area (TPSA) is 32.3 Å². The molecule has 0 aromatic rings. The molecular weight excluding hydrogens is 269 g/mol. The van der Waals surface area contributed by atoms with Crippen molar-refractivity contribution in [2.24, 2.45) is 5.92 Å². The number of piperidine rings is 1. The average molecular weight is 289 g/mol. The van der Waals surface area contributed by atoms with Crippen molar-refractivity contribution >= 4 is 18.3 Å². The third kappa shape index (κ3) is 6.44. The van der Waals surface area contributed by atoms with Gasteiger partial charge in [0.05, 0.1) is 0 Å². The Kier molecular flexibility index (Phi) is 7.62. The molecule has 1 aliphatic heterocycles. The van der Waals surface area contributed by atoms with E-state index in [0.717, 1.165) is 25.9 Å². The number of hydrogen-bond acceptors (Lipinski definition) is 2. The zero-order valence-electron chi connectivity index (χ0n) is 10.4. The second-order valence-electron chi connectivity index (χ2n) is 4.42. The summed E-state index contributed by atoms with van der Waals surface area (Å²) < 4.78 is 36.1. The summed E-state index contributed by atoms with van der Waals surface area (Å²) in [6.45, 7) is 4.70.